The monoisotopic (exact) mass is 284 g/mol. The first kappa shape index (κ1) is 14.9. The molecule has 4 nitrogen and oxygen atoms in total. The van der Waals surface area contributed by atoms with Gasteiger partial charge in [-0.1, -0.05) is 12.1 Å². The number of anilines is 2. The average molecular weight is 284 g/mol. The van der Waals surface area contributed by atoms with Crippen LogP contribution in [0.2, 0.25) is 0 Å². The van der Waals surface area contributed by atoms with Crippen molar-refractivity contribution in [1.29, 1.82) is 0 Å². The summed E-state index contributed by atoms with van der Waals surface area (Å²) in [6.45, 7) is 3.87. The molecule has 2 aromatic rings. The van der Waals surface area contributed by atoms with Gasteiger partial charge in [-0.3, -0.25) is 4.79 Å². The lowest BCUT2D eigenvalue weighted by molar-refractivity contribution is -0.115. The van der Waals surface area contributed by atoms with Gasteiger partial charge in [0.2, 0.25) is 5.91 Å². The molecule has 0 bridgehead atoms. The lowest BCUT2D eigenvalue weighted by Crippen LogP contribution is -2.16. The Morgan fingerprint density at radius 1 is 1.14 bits per heavy atom. The maximum absolute atomic E-state index is 12.2. The number of hydrogen-bond acceptors (Lipinski definition) is 3. The van der Waals surface area contributed by atoms with E-state index in [-0.39, 0.29) is 5.91 Å². The van der Waals surface area contributed by atoms with Crippen LogP contribution in [0.15, 0.2) is 36.4 Å². The summed E-state index contributed by atoms with van der Waals surface area (Å²) < 4.78 is 5.10. The van der Waals surface area contributed by atoms with E-state index in [1.807, 2.05) is 50.2 Å². The molecule has 0 aliphatic rings. The molecule has 3 N–H and O–H groups in total. The number of carbonyl (C=O) groups is 1. The molecule has 0 radical (unpaired) electrons. The summed E-state index contributed by atoms with van der Waals surface area (Å²) in [4.78, 5) is 12.2. The molecule has 110 valence electrons. The van der Waals surface area contributed by atoms with Crippen LogP contribution in [-0.4, -0.2) is 13.0 Å². The van der Waals surface area contributed by atoms with Crippen LogP contribution in [0.4, 0.5) is 11.4 Å². The molecule has 0 aliphatic carbocycles. The summed E-state index contributed by atoms with van der Waals surface area (Å²) in [6.07, 6.45) is 0.327. The molecule has 0 unspecified atom stereocenters. The van der Waals surface area contributed by atoms with E-state index in [1.54, 1.807) is 7.11 Å². The van der Waals surface area contributed by atoms with Crippen molar-refractivity contribution in [1.82, 2.24) is 0 Å². The Morgan fingerprint density at radius 3 is 2.24 bits per heavy atom. The number of amides is 1. The van der Waals surface area contributed by atoms with E-state index in [9.17, 15) is 4.79 Å². The van der Waals surface area contributed by atoms with Crippen molar-refractivity contribution in [3.63, 3.8) is 0 Å². The smallest absolute Gasteiger partial charge is 0.228 e. The molecular weight excluding hydrogens is 264 g/mol. The van der Waals surface area contributed by atoms with E-state index < -0.39 is 0 Å². The third-order valence-corrected chi connectivity index (χ3v) is 3.34. The van der Waals surface area contributed by atoms with Gasteiger partial charge in [0, 0.05) is 11.4 Å². The van der Waals surface area contributed by atoms with Crippen molar-refractivity contribution in [2.75, 3.05) is 18.2 Å². The lowest BCUT2D eigenvalue weighted by atomic mass is 10.1. The van der Waals surface area contributed by atoms with Crippen LogP contribution in [0.1, 0.15) is 16.7 Å². The zero-order valence-corrected chi connectivity index (χ0v) is 12.6. The van der Waals surface area contributed by atoms with E-state index in [0.717, 1.165) is 28.1 Å². The molecule has 0 aliphatic heterocycles. The van der Waals surface area contributed by atoms with Crippen molar-refractivity contribution in [2.45, 2.75) is 20.3 Å². The minimum Gasteiger partial charge on any atom is -0.497 e. The molecule has 2 aromatic carbocycles. The fraction of sp³-hybridized carbons (Fsp3) is 0.235. The molecule has 0 fully saturated rings. The second kappa shape index (κ2) is 6.31. The number of nitrogens with one attached hydrogen (secondary N) is 1. The summed E-state index contributed by atoms with van der Waals surface area (Å²) in [7, 11) is 1.62. The minimum atomic E-state index is -0.0452. The van der Waals surface area contributed by atoms with Crippen LogP contribution in [0.5, 0.6) is 5.75 Å². The Balaban J connectivity index is 2.08. The van der Waals surface area contributed by atoms with Gasteiger partial charge in [0.1, 0.15) is 5.75 Å². The third kappa shape index (κ3) is 3.75. The maximum atomic E-state index is 12.2. The van der Waals surface area contributed by atoms with Crippen LogP contribution >= 0.6 is 0 Å². The second-order valence-electron chi connectivity index (χ2n) is 5.10. The molecule has 1 amide bonds. The van der Waals surface area contributed by atoms with Crippen LogP contribution in [-0.2, 0) is 11.2 Å². The predicted octanol–water partition coefficient (Wildman–Crippen LogP) is 3.08. The number of nitrogen functional groups attached to an aromatic ring is 1. The van der Waals surface area contributed by atoms with Crippen LogP contribution in [0.3, 0.4) is 0 Å². The summed E-state index contributed by atoms with van der Waals surface area (Å²) in [5.41, 5.74) is 10.2. The van der Waals surface area contributed by atoms with E-state index >= 15 is 0 Å². The van der Waals surface area contributed by atoms with Gasteiger partial charge in [0.15, 0.2) is 0 Å². The Hall–Kier alpha value is -2.49. The standard InChI is InChI=1S/C17H20N2O2/c1-11-8-14(18)9-12(2)17(11)19-16(20)10-13-4-6-15(21-3)7-5-13/h4-9H,10,18H2,1-3H3,(H,19,20). The summed E-state index contributed by atoms with van der Waals surface area (Å²) >= 11 is 0. The number of methoxy groups -OCH3 is 1. The van der Waals surface area contributed by atoms with E-state index in [0.29, 0.717) is 12.1 Å². The zero-order chi connectivity index (χ0) is 15.4. The second-order valence-corrected chi connectivity index (χ2v) is 5.10. The number of carbonyl (C=O) groups excluding carboxylic acids is 1. The Labute approximate surface area is 124 Å². The highest BCUT2D eigenvalue weighted by molar-refractivity contribution is 5.94. The number of benzene rings is 2. The van der Waals surface area contributed by atoms with Crippen molar-refractivity contribution in [3.8, 4) is 5.75 Å². The summed E-state index contributed by atoms with van der Waals surface area (Å²) in [6, 6.07) is 11.2. The largest absolute Gasteiger partial charge is 0.497 e. The number of aryl methyl sites for hydroxylation is 2. The molecule has 2 rings (SSSR count). The van der Waals surface area contributed by atoms with Crippen molar-refractivity contribution < 1.29 is 9.53 Å². The van der Waals surface area contributed by atoms with Gasteiger partial charge in [-0.15, -0.1) is 0 Å². The first-order valence-electron chi connectivity index (χ1n) is 6.79. The molecule has 21 heavy (non-hydrogen) atoms. The van der Waals surface area contributed by atoms with E-state index in [2.05, 4.69) is 5.32 Å². The molecule has 0 atom stereocenters. The number of ether oxygens (including phenoxy) is 1. The van der Waals surface area contributed by atoms with Crippen molar-refractivity contribution >= 4 is 17.3 Å². The molecule has 0 saturated heterocycles. The van der Waals surface area contributed by atoms with E-state index in [4.69, 9.17) is 10.5 Å². The topological polar surface area (TPSA) is 64.3 Å². The fourth-order valence-corrected chi connectivity index (χ4v) is 2.31. The predicted molar refractivity (Wildman–Crippen MR) is 85.7 cm³/mol. The van der Waals surface area contributed by atoms with Crippen molar-refractivity contribution in [2.24, 2.45) is 0 Å². The Kier molecular flexibility index (Phi) is 4.48. The summed E-state index contributed by atoms with van der Waals surface area (Å²) in [5.74, 6) is 0.737. The first-order valence-corrected chi connectivity index (χ1v) is 6.79. The molecule has 0 saturated carbocycles. The van der Waals surface area contributed by atoms with Gasteiger partial charge in [-0.2, -0.15) is 0 Å². The highest BCUT2D eigenvalue weighted by Gasteiger charge is 2.09. The van der Waals surface area contributed by atoms with E-state index in [1.165, 1.54) is 0 Å². The normalized spacial score (nSPS) is 10.2. The average Bonchev–Trinajstić information content (AvgIpc) is 2.43. The lowest BCUT2D eigenvalue weighted by Gasteiger charge is -2.13. The van der Waals surface area contributed by atoms with Crippen LogP contribution < -0.4 is 15.8 Å². The SMILES string of the molecule is COc1ccc(CC(=O)Nc2c(C)cc(N)cc2C)cc1. The minimum absolute atomic E-state index is 0.0452. The Bertz CT molecular complexity index is 625. The Morgan fingerprint density at radius 2 is 1.71 bits per heavy atom. The molecule has 0 heterocycles. The van der Waals surface area contributed by atoms with Gasteiger partial charge in [0.25, 0.3) is 0 Å². The molecule has 4 heteroatoms. The van der Waals surface area contributed by atoms with Gasteiger partial charge in [-0.25, -0.2) is 0 Å². The van der Waals surface area contributed by atoms with Gasteiger partial charge in [-0.05, 0) is 54.8 Å². The van der Waals surface area contributed by atoms with Crippen molar-refractivity contribution in [3.05, 3.63) is 53.1 Å². The van der Waals surface area contributed by atoms with Crippen LogP contribution in [0.25, 0.3) is 0 Å². The van der Waals surface area contributed by atoms with Crippen LogP contribution in [0, 0.1) is 13.8 Å². The highest BCUT2D eigenvalue weighted by atomic mass is 16.5. The number of rotatable bonds is 4. The quantitative estimate of drug-likeness (QED) is 0.848. The fourth-order valence-electron chi connectivity index (χ4n) is 2.31. The zero-order valence-electron chi connectivity index (χ0n) is 12.6. The van der Waals surface area contributed by atoms with Gasteiger partial charge < -0.3 is 15.8 Å². The highest BCUT2D eigenvalue weighted by Crippen LogP contribution is 2.23. The third-order valence-electron chi connectivity index (χ3n) is 3.34. The molecule has 0 aromatic heterocycles. The molecular formula is C17H20N2O2. The summed E-state index contributed by atoms with van der Waals surface area (Å²) in [5, 5.41) is 2.96. The number of hydrogen-bond donors (Lipinski definition) is 2. The van der Waals surface area contributed by atoms with Gasteiger partial charge in [0.05, 0.1) is 13.5 Å². The van der Waals surface area contributed by atoms with Gasteiger partial charge >= 0.3 is 0 Å². The number of nitrogens with two attached hydrogens (primary N) is 1. The maximum Gasteiger partial charge on any atom is 0.228 e. The molecule has 0 spiro atoms. The first-order chi connectivity index (χ1) is 9.99.